The quantitative estimate of drug-likeness (QED) is 0.182. The van der Waals surface area contributed by atoms with Crippen molar-refractivity contribution in [3.05, 3.63) is 89.0 Å². The van der Waals surface area contributed by atoms with E-state index in [4.69, 9.17) is 0 Å². The number of unbranched alkanes of at least 4 members (excludes halogenated alkanes) is 9. The van der Waals surface area contributed by atoms with E-state index in [-0.39, 0.29) is 11.2 Å². The normalized spacial score (nSPS) is 11.9. The molecule has 0 aliphatic carbocycles. The SMILES string of the molecule is CCCCCCCCCCCCS[C@@H](C(=O)N(c1ccccc1)c1cc(C)c(O)c(C)c1C)c1ccccc1. The summed E-state index contributed by atoms with van der Waals surface area (Å²) in [7, 11) is 0. The predicted octanol–water partition coefficient (Wildman–Crippen LogP) is 10.4. The van der Waals surface area contributed by atoms with Crippen LogP contribution < -0.4 is 4.90 Å². The Labute approximate surface area is 241 Å². The van der Waals surface area contributed by atoms with E-state index in [1.54, 1.807) is 11.8 Å². The van der Waals surface area contributed by atoms with Crippen LogP contribution in [0, 0.1) is 20.8 Å². The molecule has 0 spiro atoms. The molecule has 0 saturated heterocycles. The highest BCUT2D eigenvalue weighted by Crippen LogP contribution is 2.40. The van der Waals surface area contributed by atoms with E-state index < -0.39 is 0 Å². The van der Waals surface area contributed by atoms with Gasteiger partial charge < -0.3 is 5.11 Å². The van der Waals surface area contributed by atoms with Gasteiger partial charge in [-0.05, 0) is 73.4 Å². The van der Waals surface area contributed by atoms with Gasteiger partial charge in [0, 0.05) is 5.69 Å². The van der Waals surface area contributed by atoms with Gasteiger partial charge in [0.05, 0.1) is 5.69 Å². The van der Waals surface area contributed by atoms with E-state index in [0.717, 1.165) is 45.8 Å². The maximum absolute atomic E-state index is 14.5. The third kappa shape index (κ3) is 8.89. The Morgan fingerprint density at radius 2 is 1.31 bits per heavy atom. The molecule has 0 saturated carbocycles. The minimum absolute atomic E-state index is 0.0528. The van der Waals surface area contributed by atoms with E-state index in [2.05, 4.69) is 19.1 Å². The number of rotatable bonds is 16. The van der Waals surface area contributed by atoms with E-state index in [9.17, 15) is 9.90 Å². The molecule has 3 aromatic carbocycles. The van der Waals surface area contributed by atoms with Crippen LogP contribution in [0.4, 0.5) is 11.4 Å². The standard InChI is InChI=1S/C35H47NO2S/c1-5-6-7-8-9-10-11-12-13-20-25-39-34(30-21-16-14-17-22-30)35(38)36(31-23-18-15-19-24-31)32-26-27(2)33(37)29(4)28(32)3/h14-19,21-24,26,34,37H,5-13,20,25H2,1-4H3/t34-/m1/s1. The molecular formula is C35H47NO2S. The topological polar surface area (TPSA) is 40.5 Å². The van der Waals surface area contributed by atoms with Crippen LogP contribution in [0.5, 0.6) is 5.75 Å². The Morgan fingerprint density at radius 3 is 1.90 bits per heavy atom. The fraction of sp³-hybridized carbons (Fsp3) is 0.457. The van der Waals surface area contributed by atoms with Crippen LogP contribution in [0.15, 0.2) is 66.7 Å². The first kappa shape index (κ1) is 30.8. The molecule has 1 atom stereocenters. The first-order valence-electron chi connectivity index (χ1n) is 14.8. The number of anilines is 2. The molecule has 0 bridgehead atoms. The molecule has 1 N–H and O–H groups in total. The Kier molecular flexibility index (Phi) is 13.0. The van der Waals surface area contributed by atoms with Crippen molar-refractivity contribution in [3.63, 3.8) is 0 Å². The third-order valence-electron chi connectivity index (χ3n) is 7.61. The lowest BCUT2D eigenvalue weighted by Crippen LogP contribution is -2.31. The number of hydrogen-bond acceptors (Lipinski definition) is 3. The average Bonchev–Trinajstić information content (AvgIpc) is 2.96. The van der Waals surface area contributed by atoms with Crippen LogP contribution in [0.25, 0.3) is 0 Å². The molecule has 0 aliphatic rings. The van der Waals surface area contributed by atoms with E-state index >= 15 is 0 Å². The number of para-hydroxylation sites is 1. The molecule has 0 aliphatic heterocycles. The fourth-order valence-electron chi connectivity index (χ4n) is 5.09. The third-order valence-corrected chi connectivity index (χ3v) is 8.94. The molecule has 0 fully saturated rings. The lowest BCUT2D eigenvalue weighted by molar-refractivity contribution is -0.117. The van der Waals surface area contributed by atoms with Gasteiger partial charge in [-0.3, -0.25) is 9.69 Å². The number of thioether (sulfide) groups is 1. The molecule has 0 heterocycles. The summed E-state index contributed by atoms with van der Waals surface area (Å²) in [6, 6.07) is 22.0. The van der Waals surface area contributed by atoms with Gasteiger partial charge in [-0.15, -0.1) is 11.8 Å². The second-order valence-electron chi connectivity index (χ2n) is 10.7. The van der Waals surface area contributed by atoms with Crippen LogP contribution >= 0.6 is 11.8 Å². The summed E-state index contributed by atoms with van der Waals surface area (Å²) >= 11 is 1.75. The van der Waals surface area contributed by atoms with Crippen molar-refractivity contribution in [3.8, 4) is 5.75 Å². The summed E-state index contributed by atoms with van der Waals surface area (Å²) in [5.41, 5.74) is 5.21. The Hall–Kier alpha value is -2.72. The number of carbonyl (C=O) groups excluding carboxylic acids is 1. The van der Waals surface area contributed by atoms with Crippen molar-refractivity contribution < 1.29 is 9.90 Å². The molecule has 4 heteroatoms. The number of hydrogen-bond donors (Lipinski definition) is 1. The number of amides is 1. The van der Waals surface area contributed by atoms with E-state index in [1.165, 1.54) is 57.8 Å². The second-order valence-corrected chi connectivity index (χ2v) is 11.9. The van der Waals surface area contributed by atoms with E-state index in [0.29, 0.717) is 5.75 Å². The van der Waals surface area contributed by atoms with Gasteiger partial charge in [0.1, 0.15) is 11.0 Å². The van der Waals surface area contributed by atoms with Gasteiger partial charge in [-0.25, -0.2) is 0 Å². The van der Waals surface area contributed by atoms with Gasteiger partial charge in [-0.2, -0.15) is 0 Å². The molecule has 3 aromatic rings. The summed E-state index contributed by atoms with van der Waals surface area (Å²) in [5, 5.41) is 10.2. The monoisotopic (exact) mass is 545 g/mol. The largest absolute Gasteiger partial charge is 0.507 e. The molecule has 3 rings (SSSR count). The van der Waals surface area contributed by atoms with Crippen molar-refractivity contribution in [2.75, 3.05) is 10.7 Å². The maximum Gasteiger partial charge on any atom is 0.249 e. The smallest absolute Gasteiger partial charge is 0.249 e. The van der Waals surface area contributed by atoms with Crippen LogP contribution in [-0.2, 0) is 4.79 Å². The van der Waals surface area contributed by atoms with E-state index in [1.807, 2.05) is 80.3 Å². The minimum Gasteiger partial charge on any atom is -0.507 e. The number of benzene rings is 3. The number of aromatic hydroxyl groups is 1. The zero-order valence-corrected chi connectivity index (χ0v) is 25.2. The fourth-order valence-corrected chi connectivity index (χ4v) is 6.29. The Balaban J connectivity index is 1.75. The minimum atomic E-state index is -0.307. The van der Waals surface area contributed by atoms with Gasteiger partial charge in [0.25, 0.3) is 0 Å². The molecular weight excluding hydrogens is 498 g/mol. The second kappa shape index (κ2) is 16.4. The number of phenols is 1. The average molecular weight is 546 g/mol. The molecule has 1 amide bonds. The van der Waals surface area contributed by atoms with Crippen LogP contribution in [0.3, 0.4) is 0 Å². The molecule has 0 radical (unpaired) electrons. The van der Waals surface area contributed by atoms with Gasteiger partial charge in [0.15, 0.2) is 0 Å². The first-order valence-corrected chi connectivity index (χ1v) is 15.9. The van der Waals surface area contributed by atoms with Gasteiger partial charge in [0.2, 0.25) is 5.91 Å². The number of nitrogens with zero attached hydrogens (tertiary/aromatic N) is 1. The molecule has 210 valence electrons. The number of aryl methyl sites for hydroxylation is 1. The summed E-state index contributed by atoms with van der Waals surface area (Å²) in [4.78, 5) is 16.3. The van der Waals surface area contributed by atoms with Crippen LogP contribution in [-0.4, -0.2) is 16.8 Å². The van der Waals surface area contributed by atoms with Crippen molar-refractivity contribution in [1.29, 1.82) is 0 Å². The Bertz CT molecular complexity index is 1150. The van der Waals surface area contributed by atoms with Gasteiger partial charge >= 0.3 is 0 Å². The predicted molar refractivity (Wildman–Crippen MR) is 169 cm³/mol. The van der Waals surface area contributed by atoms with Crippen molar-refractivity contribution in [2.45, 2.75) is 97.2 Å². The lowest BCUT2D eigenvalue weighted by Gasteiger charge is -2.30. The summed E-state index contributed by atoms with van der Waals surface area (Å²) < 4.78 is 0. The summed E-state index contributed by atoms with van der Waals surface area (Å²) in [5.74, 6) is 1.31. The molecule has 39 heavy (non-hydrogen) atoms. The van der Waals surface area contributed by atoms with Crippen LogP contribution in [0.2, 0.25) is 0 Å². The maximum atomic E-state index is 14.5. The Morgan fingerprint density at radius 1 is 0.769 bits per heavy atom. The molecule has 0 aromatic heterocycles. The molecule has 3 nitrogen and oxygen atoms in total. The summed E-state index contributed by atoms with van der Waals surface area (Å²) in [6.07, 6.45) is 13.1. The number of carbonyl (C=O) groups is 1. The van der Waals surface area contributed by atoms with Crippen molar-refractivity contribution in [1.82, 2.24) is 0 Å². The van der Waals surface area contributed by atoms with Crippen LogP contribution in [0.1, 0.15) is 98.6 Å². The first-order chi connectivity index (χ1) is 19.0. The zero-order chi connectivity index (χ0) is 28.0. The van der Waals surface area contributed by atoms with Crippen molar-refractivity contribution in [2.24, 2.45) is 0 Å². The number of phenolic OH excluding ortho intramolecular Hbond substituents is 1. The summed E-state index contributed by atoms with van der Waals surface area (Å²) in [6.45, 7) is 8.07. The zero-order valence-electron chi connectivity index (χ0n) is 24.4. The highest BCUT2D eigenvalue weighted by atomic mass is 32.2. The molecule has 0 unspecified atom stereocenters. The van der Waals surface area contributed by atoms with Gasteiger partial charge in [-0.1, -0.05) is 113 Å². The highest BCUT2D eigenvalue weighted by Gasteiger charge is 2.30. The van der Waals surface area contributed by atoms with Crippen molar-refractivity contribution >= 4 is 29.0 Å². The lowest BCUT2D eigenvalue weighted by atomic mass is 10.0. The highest BCUT2D eigenvalue weighted by molar-refractivity contribution is 8.00.